The van der Waals surface area contributed by atoms with Crippen LogP contribution in [-0.4, -0.2) is 0 Å². The number of aryl methyl sites for hydroxylation is 4. The lowest BCUT2D eigenvalue weighted by Crippen LogP contribution is -2.17. The molecule has 6 aromatic carbocycles. The largest absolute Gasteiger partial charge is 0.308 e. The van der Waals surface area contributed by atoms with Gasteiger partial charge in [-0.05, 0) is 121 Å². The molecule has 6 aromatic rings. The van der Waals surface area contributed by atoms with Gasteiger partial charge in [0.05, 0.1) is 11.4 Å². The Kier molecular flexibility index (Phi) is 6.84. The second kappa shape index (κ2) is 10.7. The molecule has 6 rings (SSSR count). The molecule has 0 atom stereocenters. The van der Waals surface area contributed by atoms with Crippen LogP contribution in [-0.2, 0) is 0 Å². The SMILES string of the molecule is Cc1cccc(N(c2cccc(C)c2)c2cc3ccccc3cc2N(c2cccc(C)c2)c2cccc(C)c2)c1. The average Bonchev–Trinajstić information content (AvgIpc) is 2.94. The lowest BCUT2D eigenvalue weighted by atomic mass is 10.0. The van der Waals surface area contributed by atoms with Crippen molar-refractivity contribution in [2.24, 2.45) is 0 Å². The van der Waals surface area contributed by atoms with Crippen molar-refractivity contribution in [2.45, 2.75) is 27.7 Å². The predicted molar refractivity (Wildman–Crippen MR) is 172 cm³/mol. The van der Waals surface area contributed by atoms with Gasteiger partial charge in [0.2, 0.25) is 0 Å². The molecule has 0 N–H and O–H groups in total. The first kappa shape index (κ1) is 25.5. The molecular weight excluding hydrogens is 484 g/mol. The number of anilines is 6. The topological polar surface area (TPSA) is 6.48 Å². The van der Waals surface area contributed by atoms with Crippen molar-refractivity contribution in [1.29, 1.82) is 0 Å². The van der Waals surface area contributed by atoms with E-state index in [4.69, 9.17) is 0 Å². The molecule has 0 unspecified atom stereocenters. The van der Waals surface area contributed by atoms with E-state index in [9.17, 15) is 0 Å². The van der Waals surface area contributed by atoms with Crippen molar-refractivity contribution in [3.05, 3.63) is 156 Å². The molecule has 2 heteroatoms. The highest BCUT2D eigenvalue weighted by Crippen LogP contribution is 2.47. The monoisotopic (exact) mass is 518 g/mol. The molecule has 40 heavy (non-hydrogen) atoms. The normalized spacial score (nSPS) is 11.0. The smallest absolute Gasteiger partial charge is 0.0708 e. The van der Waals surface area contributed by atoms with Gasteiger partial charge in [-0.15, -0.1) is 0 Å². The molecule has 0 spiro atoms. The van der Waals surface area contributed by atoms with Crippen LogP contribution in [0.5, 0.6) is 0 Å². The van der Waals surface area contributed by atoms with Crippen molar-refractivity contribution in [2.75, 3.05) is 9.80 Å². The number of benzene rings is 6. The van der Waals surface area contributed by atoms with Crippen LogP contribution in [0.3, 0.4) is 0 Å². The third-order valence-electron chi connectivity index (χ3n) is 7.36. The van der Waals surface area contributed by atoms with E-state index in [-0.39, 0.29) is 0 Å². The van der Waals surface area contributed by atoms with Crippen LogP contribution in [0.25, 0.3) is 10.8 Å². The van der Waals surface area contributed by atoms with Gasteiger partial charge in [0.25, 0.3) is 0 Å². The van der Waals surface area contributed by atoms with E-state index in [1.807, 2.05) is 0 Å². The molecule has 0 saturated carbocycles. The highest BCUT2D eigenvalue weighted by Gasteiger charge is 2.23. The van der Waals surface area contributed by atoms with E-state index in [2.05, 4.69) is 171 Å². The second-order valence-corrected chi connectivity index (χ2v) is 10.7. The minimum absolute atomic E-state index is 1.12. The van der Waals surface area contributed by atoms with Crippen molar-refractivity contribution >= 4 is 44.9 Å². The van der Waals surface area contributed by atoms with Crippen molar-refractivity contribution in [1.82, 2.24) is 0 Å². The first-order chi connectivity index (χ1) is 19.5. The maximum atomic E-state index is 2.40. The summed E-state index contributed by atoms with van der Waals surface area (Å²) in [5.74, 6) is 0. The van der Waals surface area contributed by atoms with E-state index in [1.54, 1.807) is 0 Å². The summed E-state index contributed by atoms with van der Waals surface area (Å²) in [6.07, 6.45) is 0. The summed E-state index contributed by atoms with van der Waals surface area (Å²) in [6, 6.07) is 48.4. The molecule has 0 heterocycles. The van der Waals surface area contributed by atoms with Crippen LogP contribution < -0.4 is 9.80 Å². The molecule has 0 saturated heterocycles. The predicted octanol–water partition coefficient (Wildman–Crippen LogP) is 11.0. The summed E-state index contributed by atoms with van der Waals surface area (Å²) in [5, 5.41) is 2.42. The van der Waals surface area contributed by atoms with Crippen LogP contribution in [0.4, 0.5) is 34.1 Å². The molecule has 0 aromatic heterocycles. The van der Waals surface area contributed by atoms with Crippen LogP contribution in [0, 0.1) is 27.7 Å². The molecule has 0 aliphatic rings. The van der Waals surface area contributed by atoms with Gasteiger partial charge in [-0.25, -0.2) is 0 Å². The summed E-state index contributed by atoms with van der Waals surface area (Å²) in [6.45, 7) is 8.63. The highest BCUT2D eigenvalue weighted by molar-refractivity contribution is 6.00. The zero-order valence-electron chi connectivity index (χ0n) is 23.6. The minimum Gasteiger partial charge on any atom is -0.308 e. The average molecular weight is 519 g/mol. The Hall–Kier alpha value is -4.82. The summed E-state index contributed by atoms with van der Waals surface area (Å²) >= 11 is 0. The maximum absolute atomic E-state index is 2.40. The molecule has 2 nitrogen and oxygen atoms in total. The number of fused-ring (bicyclic) bond motifs is 1. The zero-order chi connectivity index (χ0) is 27.6. The maximum Gasteiger partial charge on any atom is 0.0708 e. The van der Waals surface area contributed by atoms with E-state index in [1.165, 1.54) is 33.0 Å². The van der Waals surface area contributed by atoms with Crippen LogP contribution >= 0.6 is 0 Å². The van der Waals surface area contributed by atoms with Gasteiger partial charge in [0.1, 0.15) is 0 Å². The van der Waals surface area contributed by atoms with Crippen molar-refractivity contribution in [3.8, 4) is 0 Å². The Balaban J connectivity index is 1.71. The Morgan fingerprint density at radius 1 is 0.325 bits per heavy atom. The number of nitrogens with zero attached hydrogens (tertiary/aromatic N) is 2. The number of hydrogen-bond donors (Lipinski definition) is 0. The number of hydrogen-bond acceptors (Lipinski definition) is 2. The fraction of sp³-hybridized carbons (Fsp3) is 0.105. The minimum atomic E-state index is 1.12. The summed E-state index contributed by atoms with van der Waals surface area (Å²) in [5.41, 5.74) is 11.7. The second-order valence-electron chi connectivity index (χ2n) is 10.7. The summed E-state index contributed by atoms with van der Waals surface area (Å²) in [4.78, 5) is 4.81. The third-order valence-corrected chi connectivity index (χ3v) is 7.36. The van der Waals surface area contributed by atoms with Gasteiger partial charge in [0.15, 0.2) is 0 Å². The van der Waals surface area contributed by atoms with Crippen molar-refractivity contribution < 1.29 is 0 Å². The lowest BCUT2D eigenvalue weighted by Gasteiger charge is -2.34. The fourth-order valence-electron chi connectivity index (χ4n) is 5.50. The van der Waals surface area contributed by atoms with Crippen LogP contribution in [0.15, 0.2) is 133 Å². The molecule has 0 fully saturated rings. The van der Waals surface area contributed by atoms with Gasteiger partial charge < -0.3 is 9.80 Å². The fourth-order valence-corrected chi connectivity index (χ4v) is 5.50. The molecule has 0 amide bonds. The highest BCUT2D eigenvalue weighted by atomic mass is 15.2. The Labute approximate surface area is 237 Å². The first-order valence-electron chi connectivity index (χ1n) is 13.9. The molecule has 0 aliphatic carbocycles. The van der Waals surface area contributed by atoms with Gasteiger partial charge in [0, 0.05) is 22.7 Å². The quantitative estimate of drug-likeness (QED) is 0.216. The van der Waals surface area contributed by atoms with Gasteiger partial charge >= 0.3 is 0 Å². The molecule has 0 radical (unpaired) electrons. The Bertz CT molecular complexity index is 1590. The van der Waals surface area contributed by atoms with Gasteiger partial charge in [-0.3, -0.25) is 0 Å². The van der Waals surface area contributed by atoms with Gasteiger partial charge in [-0.2, -0.15) is 0 Å². The molecule has 0 bridgehead atoms. The number of rotatable bonds is 6. The standard InChI is InChI=1S/C38H34N2/c1-27-11-7-17-33(21-27)39(34-18-8-12-28(2)22-34)37-25-31-15-5-6-16-32(31)26-38(37)40(35-19-9-13-29(3)23-35)36-20-10-14-30(4)24-36/h5-26H,1-4H3. The molecule has 196 valence electrons. The third kappa shape index (κ3) is 5.09. The first-order valence-corrected chi connectivity index (χ1v) is 13.9. The summed E-state index contributed by atoms with van der Waals surface area (Å²) < 4.78 is 0. The lowest BCUT2D eigenvalue weighted by molar-refractivity contribution is 1.21. The Morgan fingerprint density at radius 3 is 0.900 bits per heavy atom. The van der Waals surface area contributed by atoms with E-state index < -0.39 is 0 Å². The van der Waals surface area contributed by atoms with Gasteiger partial charge in [-0.1, -0.05) is 72.8 Å². The van der Waals surface area contributed by atoms with Crippen LogP contribution in [0.1, 0.15) is 22.3 Å². The zero-order valence-corrected chi connectivity index (χ0v) is 23.6. The van der Waals surface area contributed by atoms with E-state index >= 15 is 0 Å². The molecule has 0 aliphatic heterocycles. The van der Waals surface area contributed by atoms with Crippen molar-refractivity contribution in [3.63, 3.8) is 0 Å². The Morgan fingerprint density at radius 2 is 0.625 bits per heavy atom. The van der Waals surface area contributed by atoms with Crippen LogP contribution in [0.2, 0.25) is 0 Å². The summed E-state index contributed by atoms with van der Waals surface area (Å²) in [7, 11) is 0. The van der Waals surface area contributed by atoms with E-state index in [0.717, 1.165) is 34.1 Å². The molecular formula is C38H34N2. The van der Waals surface area contributed by atoms with E-state index in [0.29, 0.717) is 0 Å².